The van der Waals surface area contributed by atoms with E-state index in [0.29, 0.717) is 0 Å². The van der Waals surface area contributed by atoms with Crippen molar-refractivity contribution in [1.29, 1.82) is 0 Å². The maximum absolute atomic E-state index is 2.80. The van der Waals surface area contributed by atoms with Crippen LogP contribution in [0.3, 0.4) is 0 Å². The molecule has 0 radical (unpaired) electrons. The number of hydrogen-bond acceptors (Lipinski definition) is 1. The molecule has 0 bridgehead atoms. The van der Waals surface area contributed by atoms with E-state index < -0.39 is 7.59 Å². The van der Waals surface area contributed by atoms with Crippen molar-refractivity contribution in [3.8, 4) is 0 Å². The first-order valence-electron chi connectivity index (χ1n) is 4.80. The van der Waals surface area contributed by atoms with Crippen LogP contribution in [-0.2, 0) is 0 Å². The topological polar surface area (TPSA) is 3.24 Å². The van der Waals surface area contributed by atoms with Crippen LogP contribution in [0.25, 0.3) is 0 Å². The molecular formula is C8H21NSi2. The summed E-state index contributed by atoms with van der Waals surface area (Å²) in [5, 5.41) is 0. The Morgan fingerprint density at radius 2 is 1.55 bits per heavy atom. The molecule has 0 atom stereocenters. The number of nitrogens with zero attached hydrogens (tertiary/aromatic N) is 1. The minimum Gasteiger partial charge on any atom is -0.331 e. The normalized spacial score (nSPS) is 23.2. The van der Waals surface area contributed by atoms with E-state index in [0.717, 1.165) is 0 Å². The third-order valence-corrected chi connectivity index (χ3v) is 8.36. The van der Waals surface area contributed by atoms with Gasteiger partial charge in [-0.3, -0.25) is 0 Å². The molecule has 1 nitrogen and oxygen atoms in total. The summed E-state index contributed by atoms with van der Waals surface area (Å²) < 4.78 is 2.80. The average Bonchev–Trinajstić information content (AvgIpc) is 1.85. The third-order valence-electron chi connectivity index (χ3n) is 2.15. The molecule has 0 unspecified atom stereocenters. The molecule has 0 spiro atoms. The first-order chi connectivity index (χ1) is 5.08. The van der Waals surface area contributed by atoms with Crippen molar-refractivity contribution in [2.24, 2.45) is 0 Å². The molecule has 66 valence electrons. The Labute approximate surface area is 73.9 Å². The molecule has 0 aliphatic carbocycles. The van der Waals surface area contributed by atoms with Gasteiger partial charge in [-0.2, -0.15) is 0 Å². The first-order valence-corrected chi connectivity index (χ1v) is 11.3. The van der Waals surface area contributed by atoms with Crippen molar-refractivity contribution in [3.05, 3.63) is 0 Å². The summed E-state index contributed by atoms with van der Waals surface area (Å²) >= 11 is 0. The standard InChI is InChI=1S/C8H21NSi2/c1-11(2,3)10-9-7-5-4-6-8-9/h4-8,10H2,1-3H3. The zero-order chi connectivity index (χ0) is 8.32. The second-order valence-electron chi connectivity index (χ2n) is 4.90. The highest BCUT2D eigenvalue weighted by Gasteiger charge is 2.20. The average molecular weight is 187 g/mol. The van der Waals surface area contributed by atoms with E-state index in [1.807, 2.05) is 0 Å². The van der Waals surface area contributed by atoms with Crippen molar-refractivity contribution in [1.82, 2.24) is 4.57 Å². The predicted octanol–water partition coefficient (Wildman–Crippen LogP) is 1.39. The zero-order valence-corrected chi connectivity index (χ0v) is 10.6. The Kier molecular flexibility index (Phi) is 3.34. The van der Waals surface area contributed by atoms with Gasteiger partial charge >= 0.3 is 0 Å². The summed E-state index contributed by atoms with van der Waals surface area (Å²) in [5.41, 5.74) is 0. The van der Waals surface area contributed by atoms with Gasteiger partial charge in [0.1, 0.15) is 0 Å². The molecule has 3 heteroatoms. The van der Waals surface area contributed by atoms with E-state index in [-0.39, 0.29) is 9.20 Å². The van der Waals surface area contributed by atoms with E-state index in [2.05, 4.69) is 24.2 Å². The third kappa shape index (κ3) is 4.08. The molecule has 0 aromatic rings. The van der Waals surface area contributed by atoms with Gasteiger partial charge in [0, 0.05) is 7.59 Å². The van der Waals surface area contributed by atoms with Crippen molar-refractivity contribution in [3.63, 3.8) is 0 Å². The van der Waals surface area contributed by atoms with Crippen molar-refractivity contribution in [2.75, 3.05) is 13.1 Å². The van der Waals surface area contributed by atoms with Crippen LogP contribution in [0.1, 0.15) is 19.3 Å². The van der Waals surface area contributed by atoms with Crippen LogP contribution in [0.4, 0.5) is 0 Å². The van der Waals surface area contributed by atoms with E-state index in [1.54, 1.807) is 0 Å². The summed E-state index contributed by atoms with van der Waals surface area (Å²) in [6, 6.07) is 0. The second-order valence-corrected chi connectivity index (χ2v) is 18.5. The van der Waals surface area contributed by atoms with Crippen molar-refractivity contribution >= 4 is 16.8 Å². The number of rotatable bonds is 2. The van der Waals surface area contributed by atoms with Gasteiger partial charge in [0.2, 0.25) is 0 Å². The van der Waals surface area contributed by atoms with Crippen molar-refractivity contribution in [2.45, 2.75) is 38.9 Å². The monoisotopic (exact) mass is 187 g/mol. The lowest BCUT2D eigenvalue weighted by Crippen LogP contribution is -2.46. The molecule has 1 rings (SSSR count). The van der Waals surface area contributed by atoms with Crippen LogP contribution in [0.5, 0.6) is 0 Å². The fourth-order valence-corrected chi connectivity index (χ4v) is 8.87. The second kappa shape index (κ2) is 3.87. The molecule has 1 saturated heterocycles. The highest BCUT2D eigenvalue weighted by atomic mass is 29.2. The molecule has 0 saturated carbocycles. The van der Waals surface area contributed by atoms with Gasteiger partial charge in [0.05, 0.1) is 9.20 Å². The number of piperidine rings is 1. The quantitative estimate of drug-likeness (QED) is 0.591. The predicted molar refractivity (Wildman–Crippen MR) is 57.3 cm³/mol. The summed E-state index contributed by atoms with van der Waals surface area (Å²) in [6.45, 7) is 10.4. The van der Waals surface area contributed by atoms with Gasteiger partial charge in [-0.25, -0.2) is 0 Å². The Bertz CT molecular complexity index is 114. The van der Waals surface area contributed by atoms with E-state index >= 15 is 0 Å². The molecular weight excluding hydrogens is 166 g/mol. The SMILES string of the molecule is C[Si](C)(C)[SiH2]N1CCCCC1. The maximum atomic E-state index is 2.80. The Morgan fingerprint density at radius 1 is 1.00 bits per heavy atom. The lowest BCUT2D eigenvalue weighted by atomic mass is 10.2. The maximum Gasteiger partial charge on any atom is 0.0862 e. The van der Waals surface area contributed by atoms with Crippen LogP contribution < -0.4 is 0 Å². The summed E-state index contributed by atoms with van der Waals surface area (Å²) in [4.78, 5) is 0. The van der Waals surface area contributed by atoms with Gasteiger partial charge in [0.25, 0.3) is 0 Å². The van der Waals surface area contributed by atoms with Crippen LogP contribution in [0, 0.1) is 0 Å². The molecule has 1 heterocycles. The van der Waals surface area contributed by atoms with E-state index in [9.17, 15) is 0 Å². The van der Waals surface area contributed by atoms with Crippen LogP contribution in [0.15, 0.2) is 0 Å². The minimum absolute atomic E-state index is 0.176. The highest BCUT2D eigenvalue weighted by molar-refractivity contribution is 7.22. The van der Waals surface area contributed by atoms with Crippen LogP contribution in [-0.4, -0.2) is 34.4 Å². The largest absolute Gasteiger partial charge is 0.331 e. The molecule has 11 heavy (non-hydrogen) atoms. The van der Waals surface area contributed by atoms with Crippen LogP contribution in [0.2, 0.25) is 19.6 Å². The summed E-state index contributed by atoms with van der Waals surface area (Å²) in [7, 11) is -0.504. The summed E-state index contributed by atoms with van der Waals surface area (Å²) in [5.74, 6) is 0. The van der Waals surface area contributed by atoms with Crippen LogP contribution >= 0.6 is 0 Å². The smallest absolute Gasteiger partial charge is 0.0862 e. The molecule has 0 aromatic heterocycles. The Morgan fingerprint density at radius 3 is 2.00 bits per heavy atom. The van der Waals surface area contributed by atoms with Gasteiger partial charge in [-0.1, -0.05) is 26.1 Å². The Balaban J connectivity index is 2.24. The highest BCUT2D eigenvalue weighted by Crippen LogP contribution is 2.10. The van der Waals surface area contributed by atoms with Gasteiger partial charge in [0.15, 0.2) is 0 Å². The van der Waals surface area contributed by atoms with Crippen molar-refractivity contribution < 1.29 is 0 Å². The molecule has 0 N–H and O–H groups in total. The summed E-state index contributed by atoms with van der Waals surface area (Å²) in [6.07, 6.45) is 4.42. The minimum atomic E-state index is -0.680. The molecule has 0 amide bonds. The molecule has 1 aliphatic heterocycles. The fourth-order valence-electron chi connectivity index (χ4n) is 1.79. The lowest BCUT2D eigenvalue weighted by Gasteiger charge is -2.31. The van der Waals surface area contributed by atoms with Gasteiger partial charge in [-0.15, -0.1) is 0 Å². The zero-order valence-electron chi connectivity index (χ0n) is 8.19. The van der Waals surface area contributed by atoms with E-state index in [1.165, 1.54) is 32.4 Å². The lowest BCUT2D eigenvalue weighted by molar-refractivity contribution is 0.364. The first kappa shape index (κ1) is 9.48. The van der Waals surface area contributed by atoms with E-state index in [4.69, 9.17) is 0 Å². The van der Waals surface area contributed by atoms with Gasteiger partial charge < -0.3 is 4.57 Å². The number of hydrogen-bond donors (Lipinski definition) is 0. The molecule has 1 aliphatic rings. The molecule has 1 fully saturated rings. The fraction of sp³-hybridized carbons (Fsp3) is 1.00. The molecule has 0 aromatic carbocycles. The van der Waals surface area contributed by atoms with Gasteiger partial charge in [-0.05, 0) is 25.9 Å². The Hall–Kier alpha value is 0.394.